The molecule has 2 unspecified atom stereocenters. The summed E-state index contributed by atoms with van der Waals surface area (Å²) < 4.78 is 5.47. The van der Waals surface area contributed by atoms with Crippen LogP contribution in [-0.4, -0.2) is 11.7 Å². The number of hydrogen-bond donors (Lipinski definition) is 1. The quantitative estimate of drug-likeness (QED) is 0.827. The number of benzene rings is 1. The number of aliphatic hydroxyl groups is 1. The minimum absolute atomic E-state index is 0.305. The van der Waals surface area contributed by atoms with Crippen LogP contribution < -0.4 is 4.74 Å². The molecule has 1 heterocycles. The Morgan fingerprint density at radius 2 is 2.19 bits per heavy atom. The van der Waals surface area contributed by atoms with Crippen LogP contribution in [0.15, 0.2) is 18.2 Å². The van der Waals surface area contributed by atoms with Gasteiger partial charge in [-0.15, -0.1) is 0 Å². The van der Waals surface area contributed by atoms with Gasteiger partial charge in [-0.3, -0.25) is 0 Å². The van der Waals surface area contributed by atoms with E-state index in [1.165, 1.54) is 5.56 Å². The van der Waals surface area contributed by atoms with Gasteiger partial charge in [0.05, 0.1) is 12.7 Å². The van der Waals surface area contributed by atoms with Crippen LogP contribution in [0.5, 0.6) is 5.75 Å². The van der Waals surface area contributed by atoms with Gasteiger partial charge in [-0.2, -0.15) is 0 Å². The average Bonchev–Trinajstić information content (AvgIpc) is 2.72. The zero-order valence-corrected chi connectivity index (χ0v) is 9.86. The van der Waals surface area contributed by atoms with Gasteiger partial charge in [-0.25, -0.2) is 0 Å². The first kappa shape index (κ1) is 10.2. The fourth-order valence-corrected chi connectivity index (χ4v) is 2.67. The number of aliphatic hydroxyl groups excluding tert-OH is 1. The maximum Gasteiger partial charge on any atom is 0.122 e. The maximum absolute atomic E-state index is 10.3. The normalized spacial score (nSPS) is 27.1. The number of fused-ring (bicyclic) bond motifs is 1. The Morgan fingerprint density at radius 3 is 2.88 bits per heavy atom. The van der Waals surface area contributed by atoms with Gasteiger partial charge < -0.3 is 9.84 Å². The molecule has 1 saturated carbocycles. The lowest BCUT2D eigenvalue weighted by molar-refractivity contribution is 0.138. The number of ether oxygens (including phenoxy) is 1. The summed E-state index contributed by atoms with van der Waals surface area (Å²) in [5.74, 6) is 1.42. The molecule has 0 bridgehead atoms. The van der Waals surface area contributed by atoms with E-state index in [2.05, 4.69) is 19.9 Å². The smallest absolute Gasteiger partial charge is 0.122 e. The molecule has 2 aliphatic rings. The third-order valence-corrected chi connectivity index (χ3v) is 4.03. The third-order valence-electron chi connectivity index (χ3n) is 4.03. The Kier molecular flexibility index (Phi) is 2.05. The van der Waals surface area contributed by atoms with Gasteiger partial charge in [0.15, 0.2) is 0 Å². The first-order chi connectivity index (χ1) is 7.58. The van der Waals surface area contributed by atoms with E-state index in [-0.39, 0.29) is 6.10 Å². The molecule has 1 aromatic carbocycles. The molecule has 1 fully saturated rings. The van der Waals surface area contributed by atoms with E-state index in [9.17, 15) is 5.11 Å². The van der Waals surface area contributed by atoms with Crippen molar-refractivity contribution >= 4 is 0 Å². The summed E-state index contributed by atoms with van der Waals surface area (Å²) in [6.45, 7) is 5.22. The summed E-state index contributed by atoms with van der Waals surface area (Å²) in [5, 5.41) is 10.3. The molecule has 0 radical (unpaired) electrons. The van der Waals surface area contributed by atoms with Gasteiger partial charge in [-0.1, -0.05) is 19.9 Å². The molecule has 1 N–H and O–H groups in total. The lowest BCUT2D eigenvalue weighted by Gasteiger charge is -2.13. The van der Waals surface area contributed by atoms with Crippen molar-refractivity contribution in [1.82, 2.24) is 0 Å². The van der Waals surface area contributed by atoms with Crippen LogP contribution in [0.1, 0.15) is 37.5 Å². The van der Waals surface area contributed by atoms with E-state index >= 15 is 0 Å². The van der Waals surface area contributed by atoms with Crippen molar-refractivity contribution in [1.29, 1.82) is 0 Å². The molecule has 16 heavy (non-hydrogen) atoms. The van der Waals surface area contributed by atoms with Crippen molar-refractivity contribution in [3.05, 3.63) is 29.3 Å². The number of rotatable bonds is 2. The van der Waals surface area contributed by atoms with E-state index in [1.54, 1.807) is 0 Å². The van der Waals surface area contributed by atoms with Crippen LogP contribution in [-0.2, 0) is 6.42 Å². The lowest BCUT2D eigenvalue weighted by atomic mass is 9.97. The molecular formula is C14H18O2. The maximum atomic E-state index is 10.3. The molecule has 2 atom stereocenters. The largest absolute Gasteiger partial charge is 0.493 e. The Hall–Kier alpha value is -1.02. The lowest BCUT2D eigenvalue weighted by Crippen LogP contribution is -2.04. The molecule has 1 aliphatic heterocycles. The zero-order valence-electron chi connectivity index (χ0n) is 9.86. The van der Waals surface area contributed by atoms with Crippen LogP contribution in [0.3, 0.4) is 0 Å². The Balaban J connectivity index is 1.85. The SMILES string of the molecule is CC1(C)CC1C(O)c1ccc2c(c1)CCO2. The van der Waals surface area contributed by atoms with E-state index < -0.39 is 0 Å². The minimum Gasteiger partial charge on any atom is -0.493 e. The topological polar surface area (TPSA) is 29.5 Å². The molecule has 0 spiro atoms. The molecule has 1 aliphatic carbocycles. The first-order valence-electron chi connectivity index (χ1n) is 6.02. The van der Waals surface area contributed by atoms with E-state index in [4.69, 9.17) is 4.74 Å². The first-order valence-corrected chi connectivity index (χ1v) is 6.02. The van der Waals surface area contributed by atoms with Crippen molar-refractivity contribution in [2.75, 3.05) is 6.61 Å². The molecule has 86 valence electrons. The predicted molar refractivity (Wildman–Crippen MR) is 62.5 cm³/mol. The molecule has 0 aromatic heterocycles. The van der Waals surface area contributed by atoms with Crippen molar-refractivity contribution in [2.24, 2.45) is 11.3 Å². The van der Waals surface area contributed by atoms with E-state index in [0.29, 0.717) is 11.3 Å². The van der Waals surface area contributed by atoms with Crippen LogP contribution in [0.25, 0.3) is 0 Å². The van der Waals surface area contributed by atoms with Crippen LogP contribution in [0.4, 0.5) is 0 Å². The van der Waals surface area contributed by atoms with E-state index in [0.717, 1.165) is 30.8 Å². The van der Waals surface area contributed by atoms with Gasteiger partial charge >= 0.3 is 0 Å². The zero-order chi connectivity index (χ0) is 11.3. The van der Waals surface area contributed by atoms with Crippen molar-refractivity contribution in [3.8, 4) is 5.75 Å². The van der Waals surface area contributed by atoms with Crippen molar-refractivity contribution in [3.63, 3.8) is 0 Å². The third kappa shape index (κ3) is 1.52. The summed E-state index contributed by atoms with van der Waals surface area (Å²) in [6.07, 6.45) is 1.80. The molecule has 0 saturated heterocycles. The second-order valence-corrected chi connectivity index (χ2v) is 5.71. The van der Waals surface area contributed by atoms with Gasteiger partial charge in [0.1, 0.15) is 5.75 Å². The molecule has 3 rings (SSSR count). The fourth-order valence-electron chi connectivity index (χ4n) is 2.67. The highest BCUT2D eigenvalue weighted by Gasteiger charge is 2.50. The Morgan fingerprint density at radius 1 is 1.44 bits per heavy atom. The highest BCUT2D eigenvalue weighted by Crippen LogP contribution is 2.57. The molecular weight excluding hydrogens is 200 g/mol. The minimum atomic E-state index is -0.305. The van der Waals surface area contributed by atoms with Gasteiger partial charge in [0.2, 0.25) is 0 Å². The fraction of sp³-hybridized carbons (Fsp3) is 0.571. The second-order valence-electron chi connectivity index (χ2n) is 5.71. The molecule has 0 amide bonds. The standard InChI is InChI=1S/C14H18O2/c1-14(2)8-11(14)13(15)10-3-4-12-9(7-10)5-6-16-12/h3-4,7,11,13,15H,5-6,8H2,1-2H3. The summed E-state index contributed by atoms with van der Waals surface area (Å²) in [4.78, 5) is 0. The van der Waals surface area contributed by atoms with Crippen molar-refractivity contribution in [2.45, 2.75) is 32.8 Å². The number of hydrogen-bond acceptors (Lipinski definition) is 2. The van der Waals surface area contributed by atoms with Crippen molar-refractivity contribution < 1.29 is 9.84 Å². The van der Waals surface area contributed by atoms with E-state index in [1.807, 2.05) is 12.1 Å². The molecule has 2 nitrogen and oxygen atoms in total. The Bertz CT molecular complexity index is 423. The van der Waals surface area contributed by atoms with Crippen LogP contribution in [0.2, 0.25) is 0 Å². The van der Waals surface area contributed by atoms with Gasteiger partial charge in [0, 0.05) is 6.42 Å². The average molecular weight is 218 g/mol. The predicted octanol–water partition coefficient (Wildman–Crippen LogP) is 2.70. The van der Waals surface area contributed by atoms with Crippen LogP contribution >= 0.6 is 0 Å². The summed E-state index contributed by atoms with van der Waals surface area (Å²) in [7, 11) is 0. The van der Waals surface area contributed by atoms with Crippen LogP contribution in [0, 0.1) is 11.3 Å². The highest BCUT2D eigenvalue weighted by molar-refractivity contribution is 5.41. The Labute approximate surface area is 96.2 Å². The summed E-state index contributed by atoms with van der Waals surface area (Å²) in [5.41, 5.74) is 2.62. The summed E-state index contributed by atoms with van der Waals surface area (Å²) in [6, 6.07) is 6.11. The highest BCUT2D eigenvalue weighted by atomic mass is 16.5. The van der Waals surface area contributed by atoms with Gasteiger partial charge in [0.25, 0.3) is 0 Å². The monoisotopic (exact) mass is 218 g/mol. The second kappa shape index (κ2) is 3.24. The summed E-state index contributed by atoms with van der Waals surface area (Å²) >= 11 is 0. The van der Waals surface area contributed by atoms with Gasteiger partial charge in [-0.05, 0) is 41.0 Å². The molecule has 1 aromatic rings. The molecule has 2 heteroatoms.